The molecule has 1 aliphatic heterocycles. The summed E-state index contributed by atoms with van der Waals surface area (Å²) in [4.78, 5) is 10.9. The minimum absolute atomic E-state index is 0.00452. The van der Waals surface area contributed by atoms with E-state index in [-0.39, 0.29) is 39.4 Å². The first kappa shape index (κ1) is 17.3. The van der Waals surface area contributed by atoms with E-state index in [4.69, 9.17) is 14.9 Å². The van der Waals surface area contributed by atoms with Crippen molar-refractivity contribution in [3.63, 3.8) is 0 Å². The number of carboxylic acid groups (broad SMARTS) is 1. The number of aliphatic hydroxyl groups is 1. The molecule has 9 heteroatoms. The Morgan fingerprint density at radius 2 is 1.95 bits per heavy atom. The van der Waals surface area contributed by atoms with Crippen molar-refractivity contribution in [1.82, 2.24) is 8.61 Å². The lowest BCUT2D eigenvalue weighted by Gasteiger charge is -2.33. The maximum Gasteiger partial charge on any atom is 0.306 e. The highest BCUT2D eigenvalue weighted by Crippen LogP contribution is 2.21. The van der Waals surface area contributed by atoms with Crippen molar-refractivity contribution in [3.05, 3.63) is 0 Å². The second-order valence-electron chi connectivity index (χ2n) is 4.63. The first-order valence-corrected chi connectivity index (χ1v) is 7.91. The van der Waals surface area contributed by atoms with Gasteiger partial charge in [-0.25, -0.2) is 0 Å². The summed E-state index contributed by atoms with van der Waals surface area (Å²) < 4.78 is 32.1. The van der Waals surface area contributed by atoms with E-state index in [0.717, 1.165) is 4.31 Å². The molecule has 118 valence electrons. The molecular formula is C11H22N2O6S. The Bertz CT molecular complexity index is 405. The zero-order valence-electron chi connectivity index (χ0n) is 11.6. The van der Waals surface area contributed by atoms with Crippen LogP contribution >= 0.6 is 0 Å². The number of aliphatic hydroxyl groups excluding tert-OH is 1. The number of carbonyl (C=O) groups is 1. The van der Waals surface area contributed by atoms with E-state index in [9.17, 15) is 13.2 Å². The van der Waals surface area contributed by atoms with Crippen LogP contribution in [0.1, 0.15) is 12.8 Å². The summed E-state index contributed by atoms with van der Waals surface area (Å²) >= 11 is 0. The Labute approximate surface area is 119 Å². The van der Waals surface area contributed by atoms with Crippen LogP contribution in [-0.2, 0) is 19.7 Å². The van der Waals surface area contributed by atoms with E-state index in [1.54, 1.807) is 0 Å². The maximum absolute atomic E-state index is 12.4. The van der Waals surface area contributed by atoms with Crippen molar-refractivity contribution in [2.45, 2.75) is 12.8 Å². The van der Waals surface area contributed by atoms with Gasteiger partial charge in [-0.1, -0.05) is 0 Å². The zero-order chi connectivity index (χ0) is 15.2. The average molecular weight is 310 g/mol. The fourth-order valence-corrected chi connectivity index (χ4v) is 3.76. The molecule has 0 amide bonds. The third-order valence-corrected chi connectivity index (χ3v) is 5.39. The van der Waals surface area contributed by atoms with Crippen LogP contribution in [0.25, 0.3) is 0 Å². The van der Waals surface area contributed by atoms with Gasteiger partial charge in [-0.2, -0.15) is 17.0 Å². The molecule has 8 nitrogen and oxygen atoms in total. The first-order valence-electron chi connectivity index (χ1n) is 6.51. The first-order chi connectivity index (χ1) is 9.43. The van der Waals surface area contributed by atoms with E-state index in [1.807, 2.05) is 0 Å². The standard InChI is InChI=1S/C11H22N2O6S/c1-19-9-7-13(6-8-14)20(17,18)12-4-2-10(3-5-12)11(15)16/h10,14H,2-9H2,1H3,(H,15,16). The van der Waals surface area contributed by atoms with Crippen molar-refractivity contribution in [1.29, 1.82) is 0 Å². The molecule has 20 heavy (non-hydrogen) atoms. The van der Waals surface area contributed by atoms with Gasteiger partial charge in [-0.05, 0) is 12.8 Å². The molecule has 0 atom stereocenters. The number of carboxylic acids is 1. The molecule has 2 N–H and O–H groups in total. The van der Waals surface area contributed by atoms with Crippen LogP contribution in [-0.4, -0.2) is 79.7 Å². The largest absolute Gasteiger partial charge is 0.481 e. The number of piperidine rings is 1. The van der Waals surface area contributed by atoms with Crippen LogP contribution in [0, 0.1) is 5.92 Å². The van der Waals surface area contributed by atoms with Gasteiger partial charge in [0.2, 0.25) is 0 Å². The van der Waals surface area contributed by atoms with Crippen molar-refractivity contribution >= 4 is 16.2 Å². The fourth-order valence-electron chi connectivity index (χ4n) is 2.14. The van der Waals surface area contributed by atoms with E-state index in [1.165, 1.54) is 11.4 Å². The number of methoxy groups -OCH3 is 1. The van der Waals surface area contributed by atoms with Gasteiger partial charge in [0, 0.05) is 33.3 Å². The predicted molar refractivity (Wildman–Crippen MR) is 71.4 cm³/mol. The Morgan fingerprint density at radius 1 is 1.35 bits per heavy atom. The molecule has 0 aromatic carbocycles. The molecule has 0 spiro atoms. The van der Waals surface area contributed by atoms with Crippen LogP contribution < -0.4 is 0 Å². The van der Waals surface area contributed by atoms with Gasteiger partial charge in [0.05, 0.1) is 19.1 Å². The normalized spacial score (nSPS) is 18.6. The van der Waals surface area contributed by atoms with Gasteiger partial charge in [-0.3, -0.25) is 4.79 Å². The van der Waals surface area contributed by atoms with Crippen LogP contribution in [0.3, 0.4) is 0 Å². The molecule has 0 aromatic rings. The number of hydrogen-bond acceptors (Lipinski definition) is 5. The Hall–Kier alpha value is -0.740. The number of ether oxygens (including phenoxy) is 1. The van der Waals surface area contributed by atoms with Gasteiger partial charge >= 0.3 is 5.97 Å². The van der Waals surface area contributed by atoms with Gasteiger partial charge in [0.25, 0.3) is 10.2 Å². The maximum atomic E-state index is 12.4. The van der Waals surface area contributed by atoms with Gasteiger partial charge < -0.3 is 14.9 Å². The molecular weight excluding hydrogens is 288 g/mol. The minimum Gasteiger partial charge on any atom is -0.481 e. The second-order valence-corrected chi connectivity index (χ2v) is 6.56. The molecule has 0 unspecified atom stereocenters. The SMILES string of the molecule is COCCN(CCO)S(=O)(=O)N1CCC(C(=O)O)CC1. The molecule has 1 saturated heterocycles. The monoisotopic (exact) mass is 310 g/mol. The Kier molecular flexibility index (Phi) is 6.83. The minimum atomic E-state index is -3.67. The van der Waals surface area contributed by atoms with Gasteiger partial charge in [-0.15, -0.1) is 0 Å². The number of aliphatic carboxylic acids is 1. The van der Waals surface area contributed by atoms with E-state index < -0.39 is 22.1 Å². The number of hydrogen-bond donors (Lipinski definition) is 2. The third kappa shape index (κ3) is 4.38. The smallest absolute Gasteiger partial charge is 0.306 e. The topological polar surface area (TPSA) is 107 Å². The van der Waals surface area contributed by atoms with Crippen molar-refractivity contribution in [2.75, 3.05) is 46.5 Å². The zero-order valence-corrected chi connectivity index (χ0v) is 12.4. The lowest BCUT2D eigenvalue weighted by atomic mass is 9.99. The summed E-state index contributed by atoms with van der Waals surface area (Å²) in [6.45, 7) is 0.518. The molecule has 0 saturated carbocycles. The van der Waals surface area contributed by atoms with Crippen molar-refractivity contribution < 1.29 is 28.2 Å². The summed E-state index contributed by atoms with van der Waals surface area (Å²) in [5, 5.41) is 17.9. The summed E-state index contributed by atoms with van der Waals surface area (Å²) in [7, 11) is -2.20. The van der Waals surface area contributed by atoms with E-state index >= 15 is 0 Å². The van der Waals surface area contributed by atoms with E-state index in [0.29, 0.717) is 12.8 Å². The van der Waals surface area contributed by atoms with Crippen LogP contribution in [0.2, 0.25) is 0 Å². The lowest BCUT2D eigenvalue weighted by Crippen LogP contribution is -2.49. The van der Waals surface area contributed by atoms with Gasteiger partial charge in [0.1, 0.15) is 0 Å². The molecule has 0 aromatic heterocycles. The van der Waals surface area contributed by atoms with Crippen molar-refractivity contribution in [2.24, 2.45) is 5.92 Å². The average Bonchev–Trinajstić information content (AvgIpc) is 2.43. The Morgan fingerprint density at radius 3 is 2.40 bits per heavy atom. The molecule has 0 bridgehead atoms. The lowest BCUT2D eigenvalue weighted by molar-refractivity contribution is -0.142. The predicted octanol–water partition coefficient (Wildman–Crippen LogP) is -1.03. The van der Waals surface area contributed by atoms with Crippen LogP contribution in [0.4, 0.5) is 0 Å². The summed E-state index contributed by atoms with van der Waals surface area (Å²) in [5.74, 6) is -1.36. The molecule has 1 heterocycles. The van der Waals surface area contributed by atoms with Crippen molar-refractivity contribution in [3.8, 4) is 0 Å². The highest BCUT2D eigenvalue weighted by Gasteiger charge is 2.34. The highest BCUT2D eigenvalue weighted by atomic mass is 32.2. The molecule has 1 rings (SSSR count). The number of nitrogens with zero attached hydrogens (tertiary/aromatic N) is 2. The molecule has 0 radical (unpaired) electrons. The molecule has 1 fully saturated rings. The summed E-state index contributed by atoms with van der Waals surface area (Å²) in [6, 6.07) is 0. The molecule has 1 aliphatic rings. The summed E-state index contributed by atoms with van der Waals surface area (Å²) in [5.41, 5.74) is 0. The fraction of sp³-hybridized carbons (Fsp3) is 0.909. The highest BCUT2D eigenvalue weighted by molar-refractivity contribution is 7.86. The third-order valence-electron chi connectivity index (χ3n) is 3.35. The quantitative estimate of drug-likeness (QED) is 0.593. The van der Waals surface area contributed by atoms with Crippen LogP contribution in [0.15, 0.2) is 0 Å². The van der Waals surface area contributed by atoms with E-state index in [2.05, 4.69) is 0 Å². The Balaban J connectivity index is 2.69. The molecule has 0 aliphatic carbocycles. The summed E-state index contributed by atoms with van der Waals surface area (Å²) in [6.07, 6.45) is 0.623. The second kappa shape index (κ2) is 7.89. The number of rotatable bonds is 8. The van der Waals surface area contributed by atoms with Crippen LogP contribution in [0.5, 0.6) is 0 Å². The van der Waals surface area contributed by atoms with Gasteiger partial charge in [0.15, 0.2) is 0 Å².